The number of halogens is 2. The molecule has 0 aliphatic rings. The summed E-state index contributed by atoms with van der Waals surface area (Å²) in [6.45, 7) is 0. The lowest BCUT2D eigenvalue weighted by Gasteiger charge is -2.11. The first-order chi connectivity index (χ1) is 8.60. The van der Waals surface area contributed by atoms with Gasteiger partial charge in [-0.25, -0.2) is 0 Å². The number of methoxy groups -OCH3 is 1. The van der Waals surface area contributed by atoms with E-state index < -0.39 is 0 Å². The van der Waals surface area contributed by atoms with E-state index in [1.807, 2.05) is 18.2 Å². The second kappa shape index (κ2) is 5.63. The van der Waals surface area contributed by atoms with Crippen LogP contribution in [-0.4, -0.2) is 7.11 Å². The molecule has 5 heteroatoms. The Hall–Kier alpha value is -1.20. The third kappa shape index (κ3) is 2.97. The van der Waals surface area contributed by atoms with Gasteiger partial charge in [0.2, 0.25) is 0 Å². The fourth-order valence-corrected chi connectivity index (χ4v) is 2.55. The molecular formula is C13H11Br2NO2. The van der Waals surface area contributed by atoms with Crippen LogP contribution in [-0.2, 0) is 0 Å². The smallest absolute Gasteiger partial charge is 0.150 e. The normalized spacial score (nSPS) is 10.2. The molecule has 0 fully saturated rings. The van der Waals surface area contributed by atoms with E-state index in [9.17, 15) is 0 Å². The van der Waals surface area contributed by atoms with Crippen LogP contribution in [0.15, 0.2) is 45.3 Å². The Morgan fingerprint density at radius 2 is 1.72 bits per heavy atom. The molecule has 0 amide bonds. The van der Waals surface area contributed by atoms with Crippen molar-refractivity contribution >= 4 is 37.5 Å². The van der Waals surface area contributed by atoms with E-state index >= 15 is 0 Å². The molecule has 0 bridgehead atoms. The predicted octanol–water partition coefficient (Wildman–Crippen LogP) is 4.59. The average Bonchev–Trinajstić information content (AvgIpc) is 2.34. The maximum atomic E-state index is 5.90. The summed E-state index contributed by atoms with van der Waals surface area (Å²) in [5.41, 5.74) is 6.43. The van der Waals surface area contributed by atoms with Crippen molar-refractivity contribution in [3.8, 4) is 17.2 Å². The topological polar surface area (TPSA) is 44.5 Å². The highest BCUT2D eigenvalue weighted by Crippen LogP contribution is 2.35. The van der Waals surface area contributed by atoms with Crippen LogP contribution in [0, 0.1) is 0 Å². The number of nitrogen functional groups attached to an aromatic ring is 1. The van der Waals surface area contributed by atoms with Gasteiger partial charge in [-0.3, -0.25) is 0 Å². The summed E-state index contributed by atoms with van der Waals surface area (Å²) in [6.07, 6.45) is 0. The van der Waals surface area contributed by atoms with Gasteiger partial charge in [0, 0.05) is 10.5 Å². The summed E-state index contributed by atoms with van der Waals surface area (Å²) in [4.78, 5) is 0. The van der Waals surface area contributed by atoms with E-state index in [2.05, 4.69) is 31.9 Å². The molecule has 0 aliphatic heterocycles. The molecule has 3 nitrogen and oxygen atoms in total. The first-order valence-electron chi connectivity index (χ1n) is 5.16. The minimum Gasteiger partial charge on any atom is -0.497 e. The molecule has 2 rings (SSSR count). The van der Waals surface area contributed by atoms with Gasteiger partial charge in [-0.2, -0.15) is 0 Å². The van der Waals surface area contributed by atoms with E-state index in [0.717, 1.165) is 8.95 Å². The summed E-state index contributed by atoms with van der Waals surface area (Å²) < 4.78 is 12.7. The minimum absolute atomic E-state index is 0.532. The summed E-state index contributed by atoms with van der Waals surface area (Å²) in [7, 11) is 1.60. The van der Waals surface area contributed by atoms with Crippen LogP contribution in [0.25, 0.3) is 0 Å². The van der Waals surface area contributed by atoms with Crippen LogP contribution in [0.4, 0.5) is 5.69 Å². The van der Waals surface area contributed by atoms with E-state index in [0.29, 0.717) is 22.9 Å². The van der Waals surface area contributed by atoms with Crippen LogP contribution in [0.2, 0.25) is 0 Å². The molecule has 0 saturated carbocycles. The van der Waals surface area contributed by atoms with Crippen molar-refractivity contribution in [3.63, 3.8) is 0 Å². The first-order valence-corrected chi connectivity index (χ1v) is 6.75. The number of hydrogen-bond donors (Lipinski definition) is 1. The van der Waals surface area contributed by atoms with Crippen LogP contribution in [0.5, 0.6) is 17.2 Å². The molecular weight excluding hydrogens is 362 g/mol. The second-order valence-corrected chi connectivity index (χ2v) is 5.35. The molecule has 0 aliphatic carbocycles. The summed E-state index contributed by atoms with van der Waals surface area (Å²) >= 11 is 6.83. The van der Waals surface area contributed by atoms with Crippen LogP contribution >= 0.6 is 31.9 Å². The van der Waals surface area contributed by atoms with Gasteiger partial charge in [0.15, 0.2) is 5.75 Å². The van der Waals surface area contributed by atoms with Gasteiger partial charge >= 0.3 is 0 Å². The average molecular weight is 373 g/mol. The van der Waals surface area contributed by atoms with Crippen molar-refractivity contribution in [2.45, 2.75) is 0 Å². The van der Waals surface area contributed by atoms with Crippen LogP contribution in [0.1, 0.15) is 0 Å². The molecule has 0 radical (unpaired) electrons. The largest absolute Gasteiger partial charge is 0.497 e. The highest BCUT2D eigenvalue weighted by Gasteiger charge is 2.07. The molecule has 2 aromatic rings. The van der Waals surface area contributed by atoms with Gasteiger partial charge in [-0.1, -0.05) is 15.9 Å². The maximum Gasteiger partial charge on any atom is 0.150 e. The molecule has 0 spiro atoms. The van der Waals surface area contributed by atoms with Crippen LogP contribution in [0.3, 0.4) is 0 Å². The van der Waals surface area contributed by atoms with Crippen molar-refractivity contribution in [1.29, 1.82) is 0 Å². The van der Waals surface area contributed by atoms with Gasteiger partial charge in [-0.05, 0) is 46.3 Å². The Balaban J connectivity index is 2.28. The van der Waals surface area contributed by atoms with Gasteiger partial charge in [0.1, 0.15) is 11.5 Å². The number of hydrogen-bond acceptors (Lipinski definition) is 3. The summed E-state index contributed by atoms with van der Waals surface area (Å²) in [5, 5.41) is 0. The highest BCUT2D eigenvalue weighted by molar-refractivity contribution is 9.11. The second-order valence-electron chi connectivity index (χ2n) is 3.58. The molecule has 0 aromatic heterocycles. The molecule has 0 heterocycles. The molecule has 0 unspecified atom stereocenters. The Morgan fingerprint density at radius 1 is 1.00 bits per heavy atom. The monoisotopic (exact) mass is 371 g/mol. The Labute approximate surface area is 122 Å². The zero-order valence-corrected chi connectivity index (χ0v) is 12.8. The molecule has 18 heavy (non-hydrogen) atoms. The fourth-order valence-electron chi connectivity index (χ4n) is 1.42. The summed E-state index contributed by atoms with van der Waals surface area (Å²) in [5.74, 6) is 2.00. The zero-order chi connectivity index (χ0) is 13.1. The molecule has 0 atom stereocenters. The van der Waals surface area contributed by atoms with E-state index in [1.54, 1.807) is 25.3 Å². The number of ether oxygens (including phenoxy) is 2. The lowest BCUT2D eigenvalue weighted by molar-refractivity contribution is 0.413. The van der Waals surface area contributed by atoms with Crippen molar-refractivity contribution in [2.24, 2.45) is 0 Å². The van der Waals surface area contributed by atoms with Gasteiger partial charge < -0.3 is 15.2 Å². The first kappa shape index (κ1) is 13.2. The third-order valence-corrected chi connectivity index (χ3v) is 3.44. The van der Waals surface area contributed by atoms with Gasteiger partial charge in [0.25, 0.3) is 0 Å². The van der Waals surface area contributed by atoms with E-state index in [4.69, 9.17) is 15.2 Å². The van der Waals surface area contributed by atoms with E-state index in [-0.39, 0.29) is 0 Å². The fraction of sp³-hybridized carbons (Fsp3) is 0.0769. The lowest BCUT2D eigenvalue weighted by atomic mass is 10.2. The SMILES string of the molecule is COc1ccc(Oc2ccc(Br)cc2Br)c(N)c1. The van der Waals surface area contributed by atoms with Gasteiger partial charge in [0.05, 0.1) is 17.3 Å². The zero-order valence-electron chi connectivity index (χ0n) is 9.61. The predicted molar refractivity (Wildman–Crippen MR) is 79.3 cm³/mol. The number of rotatable bonds is 3. The Morgan fingerprint density at radius 3 is 2.33 bits per heavy atom. The Kier molecular flexibility index (Phi) is 4.14. The number of anilines is 1. The standard InChI is InChI=1S/C13H11Br2NO2/c1-17-9-3-5-13(11(16)7-9)18-12-4-2-8(14)6-10(12)15/h2-7H,16H2,1H3. The van der Waals surface area contributed by atoms with E-state index in [1.165, 1.54) is 0 Å². The maximum absolute atomic E-state index is 5.90. The lowest BCUT2D eigenvalue weighted by Crippen LogP contribution is -1.94. The third-order valence-electron chi connectivity index (χ3n) is 2.33. The van der Waals surface area contributed by atoms with Crippen molar-refractivity contribution < 1.29 is 9.47 Å². The Bertz CT molecular complexity index is 573. The number of benzene rings is 2. The summed E-state index contributed by atoms with van der Waals surface area (Å²) in [6, 6.07) is 11.0. The molecule has 2 N–H and O–H groups in total. The quantitative estimate of drug-likeness (QED) is 0.801. The van der Waals surface area contributed by atoms with Crippen molar-refractivity contribution in [2.75, 3.05) is 12.8 Å². The molecule has 0 saturated heterocycles. The molecule has 94 valence electrons. The van der Waals surface area contributed by atoms with Gasteiger partial charge in [-0.15, -0.1) is 0 Å². The number of nitrogens with two attached hydrogens (primary N) is 1. The van der Waals surface area contributed by atoms with Crippen molar-refractivity contribution in [1.82, 2.24) is 0 Å². The van der Waals surface area contributed by atoms with Crippen LogP contribution < -0.4 is 15.2 Å². The van der Waals surface area contributed by atoms with Crippen molar-refractivity contribution in [3.05, 3.63) is 45.3 Å². The molecule has 2 aromatic carbocycles. The highest BCUT2D eigenvalue weighted by atomic mass is 79.9. The minimum atomic E-state index is 0.532.